The van der Waals surface area contributed by atoms with E-state index in [0.717, 1.165) is 42.9 Å². The van der Waals surface area contributed by atoms with Gasteiger partial charge in [-0.25, -0.2) is 0 Å². The Hall–Kier alpha value is -1.70. The summed E-state index contributed by atoms with van der Waals surface area (Å²) in [5.41, 5.74) is 0. The highest BCUT2D eigenvalue weighted by atomic mass is 16.5. The lowest BCUT2D eigenvalue weighted by atomic mass is 10.1. The van der Waals surface area contributed by atoms with Crippen molar-refractivity contribution in [1.29, 1.82) is 0 Å². The molecule has 0 aliphatic rings. The van der Waals surface area contributed by atoms with E-state index in [4.69, 9.17) is 9.47 Å². The van der Waals surface area contributed by atoms with E-state index in [-0.39, 0.29) is 0 Å². The van der Waals surface area contributed by atoms with E-state index < -0.39 is 0 Å². The molecule has 0 saturated heterocycles. The van der Waals surface area contributed by atoms with E-state index in [1.165, 1.54) is 56.8 Å². The number of benzene rings is 2. The highest BCUT2D eigenvalue weighted by molar-refractivity contribution is 5.93. The van der Waals surface area contributed by atoms with Gasteiger partial charge in [-0.2, -0.15) is 0 Å². The molecule has 26 heavy (non-hydrogen) atoms. The molecule has 2 nitrogen and oxygen atoms in total. The molecular weight excluding hydrogens is 320 g/mol. The summed E-state index contributed by atoms with van der Waals surface area (Å²) in [6.07, 6.45) is 12.6. The summed E-state index contributed by atoms with van der Waals surface area (Å²) in [5, 5.41) is 2.31. The van der Waals surface area contributed by atoms with Crippen molar-refractivity contribution in [3.8, 4) is 11.5 Å². The van der Waals surface area contributed by atoms with Crippen LogP contribution in [0, 0.1) is 0 Å². The molecule has 0 heterocycles. The van der Waals surface area contributed by atoms with Gasteiger partial charge in [-0.1, -0.05) is 89.5 Å². The Bertz CT molecular complexity index is 570. The molecule has 144 valence electrons. The second-order valence-corrected chi connectivity index (χ2v) is 7.14. The van der Waals surface area contributed by atoms with Gasteiger partial charge < -0.3 is 9.47 Å². The molecule has 0 spiro atoms. The molecule has 0 radical (unpaired) electrons. The summed E-state index contributed by atoms with van der Waals surface area (Å²) < 4.78 is 12.2. The Labute approximate surface area is 159 Å². The number of rotatable bonds is 14. The molecule has 0 fully saturated rings. The fourth-order valence-electron chi connectivity index (χ4n) is 3.29. The predicted molar refractivity (Wildman–Crippen MR) is 112 cm³/mol. The van der Waals surface area contributed by atoms with Crippen molar-refractivity contribution < 1.29 is 9.47 Å². The molecule has 0 saturated carbocycles. The van der Waals surface area contributed by atoms with Crippen molar-refractivity contribution in [2.45, 2.75) is 78.1 Å². The second-order valence-electron chi connectivity index (χ2n) is 7.14. The number of hydrogen-bond acceptors (Lipinski definition) is 2. The first-order valence-corrected chi connectivity index (χ1v) is 10.6. The summed E-state index contributed by atoms with van der Waals surface area (Å²) >= 11 is 0. The van der Waals surface area contributed by atoms with Gasteiger partial charge in [0.1, 0.15) is 11.5 Å². The van der Waals surface area contributed by atoms with Crippen LogP contribution in [-0.4, -0.2) is 13.2 Å². The molecule has 0 aromatic heterocycles. The van der Waals surface area contributed by atoms with E-state index in [2.05, 4.69) is 50.2 Å². The molecule has 0 aliphatic carbocycles. The number of hydrogen-bond donors (Lipinski definition) is 0. The Morgan fingerprint density at radius 1 is 0.577 bits per heavy atom. The zero-order chi connectivity index (χ0) is 18.5. The van der Waals surface area contributed by atoms with Crippen molar-refractivity contribution >= 4 is 10.8 Å². The number of ether oxygens (including phenoxy) is 2. The largest absolute Gasteiger partial charge is 0.493 e. The van der Waals surface area contributed by atoms with Crippen LogP contribution in [-0.2, 0) is 0 Å². The van der Waals surface area contributed by atoms with E-state index >= 15 is 0 Å². The van der Waals surface area contributed by atoms with Crippen LogP contribution >= 0.6 is 0 Å². The summed E-state index contributed by atoms with van der Waals surface area (Å²) in [6.45, 7) is 6.07. The van der Waals surface area contributed by atoms with Gasteiger partial charge in [-0.3, -0.25) is 0 Å². The number of unbranched alkanes of at least 4 members (excludes halogenated alkanes) is 8. The van der Waals surface area contributed by atoms with Gasteiger partial charge in [0.05, 0.1) is 18.6 Å². The Kier molecular flexibility index (Phi) is 10.0. The van der Waals surface area contributed by atoms with E-state index in [9.17, 15) is 0 Å². The third-order valence-corrected chi connectivity index (χ3v) is 4.84. The molecule has 2 heteroatoms. The zero-order valence-electron chi connectivity index (χ0n) is 16.8. The highest BCUT2D eigenvalue weighted by Gasteiger charge is 2.08. The van der Waals surface area contributed by atoms with E-state index in [1.807, 2.05) is 0 Å². The van der Waals surface area contributed by atoms with Crippen molar-refractivity contribution in [3.63, 3.8) is 0 Å². The van der Waals surface area contributed by atoms with Crippen molar-refractivity contribution in [2.24, 2.45) is 0 Å². The minimum Gasteiger partial charge on any atom is -0.493 e. The van der Waals surface area contributed by atoms with Gasteiger partial charge in [-0.05, 0) is 30.4 Å². The van der Waals surface area contributed by atoms with Crippen molar-refractivity contribution in [3.05, 3.63) is 36.4 Å². The molecule has 0 unspecified atom stereocenters. The van der Waals surface area contributed by atoms with Gasteiger partial charge in [-0.15, -0.1) is 0 Å². The Morgan fingerprint density at radius 2 is 1.04 bits per heavy atom. The fraction of sp³-hybridized carbons (Fsp3) is 0.583. The van der Waals surface area contributed by atoms with Crippen molar-refractivity contribution in [2.75, 3.05) is 13.2 Å². The zero-order valence-corrected chi connectivity index (χ0v) is 16.8. The maximum absolute atomic E-state index is 6.12. The average Bonchev–Trinajstić information content (AvgIpc) is 2.67. The Balaban J connectivity index is 1.92. The predicted octanol–water partition coefficient (Wildman–Crippen LogP) is 7.54. The minimum atomic E-state index is 0.786. The molecule has 2 aromatic rings. The molecule has 0 aliphatic heterocycles. The van der Waals surface area contributed by atoms with Crippen LogP contribution in [0.25, 0.3) is 10.8 Å². The highest BCUT2D eigenvalue weighted by Crippen LogP contribution is 2.34. The second kappa shape index (κ2) is 12.6. The molecule has 0 atom stereocenters. The van der Waals surface area contributed by atoms with Crippen LogP contribution in [0.4, 0.5) is 0 Å². The summed E-state index contributed by atoms with van der Waals surface area (Å²) in [7, 11) is 0. The lowest BCUT2D eigenvalue weighted by Crippen LogP contribution is -2.01. The lowest BCUT2D eigenvalue weighted by Gasteiger charge is -2.14. The minimum absolute atomic E-state index is 0.786. The maximum atomic E-state index is 6.12. The van der Waals surface area contributed by atoms with Gasteiger partial charge in [0.15, 0.2) is 0 Å². The summed E-state index contributed by atoms with van der Waals surface area (Å²) in [6, 6.07) is 12.6. The number of fused-ring (bicyclic) bond motifs is 1. The van der Waals surface area contributed by atoms with Crippen LogP contribution in [0.2, 0.25) is 0 Å². The average molecular weight is 357 g/mol. The maximum Gasteiger partial charge on any atom is 0.130 e. The molecular formula is C24H36O2. The quantitative estimate of drug-likeness (QED) is 0.325. The van der Waals surface area contributed by atoms with E-state index in [0.29, 0.717) is 0 Å². The van der Waals surface area contributed by atoms with Crippen LogP contribution in [0.5, 0.6) is 11.5 Å². The van der Waals surface area contributed by atoms with Crippen LogP contribution in [0.15, 0.2) is 36.4 Å². The van der Waals surface area contributed by atoms with E-state index in [1.54, 1.807) is 0 Å². The van der Waals surface area contributed by atoms with Gasteiger partial charge in [0.25, 0.3) is 0 Å². The third kappa shape index (κ3) is 6.90. The van der Waals surface area contributed by atoms with Gasteiger partial charge >= 0.3 is 0 Å². The van der Waals surface area contributed by atoms with Crippen molar-refractivity contribution in [1.82, 2.24) is 0 Å². The third-order valence-electron chi connectivity index (χ3n) is 4.84. The summed E-state index contributed by atoms with van der Waals surface area (Å²) in [4.78, 5) is 0. The standard InChI is InChI=1S/C24H36O2/c1-3-5-7-9-11-19-25-22-17-13-15-21-16-14-18-23(24(21)22)26-20-12-10-8-6-4-2/h13-18H,3-12,19-20H2,1-2H3. The van der Waals surface area contributed by atoms with Crippen LogP contribution < -0.4 is 9.47 Å². The van der Waals surface area contributed by atoms with Crippen LogP contribution in [0.1, 0.15) is 78.1 Å². The first-order valence-electron chi connectivity index (χ1n) is 10.6. The van der Waals surface area contributed by atoms with Gasteiger partial charge in [0, 0.05) is 0 Å². The topological polar surface area (TPSA) is 18.5 Å². The SMILES string of the molecule is CCCCCCCOc1cccc2cccc(OCCCCCCC)c12. The van der Waals surface area contributed by atoms with Gasteiger partial charge in [0.2, 0.25) is 0 Å². The Morgan fingerprint density at radius 3 is 1.50 bits per heavy atom. The molecule has 2 rings (SSSR count). The molecule has 0 amide bonds. The lowest BCUT2D eigenvalue weighted by molar-refractivity contribution is 0.297. The first kappa shape index (κ1) is 20.6. The summed E-state index contributed by atoms with van der Waals surface area (Å²) in [5.74, 6) is 1.92. The smallest absolute Gasteiger partial charge is 0.130 e. The fourth-order valence-corrected chi connectivity index (χ4v) is 3.29. The first-order chi connectivity index (χ1) is 12.9. The molecule has 2 aromatic carbocycles. The monoisotopic (exact) mass is 356 g/mol. The van der Waals surface area contributed by atoms with Crippen LogP contribution in [0.3, 0.4) is 0 Å². The normalized spacial score (nSPS) is 11.0. The molecule has 0 bridgehead atoms. The molecule has 0 N–H and O–H groups in total.